The van der Waals surface area contributed by atoms with Crippen molar-refractivity contribution >= 4 is 5.82 Å². The summed E-state index contributed by atoms with van der Waals surface area (Å²) in [5, 5.41) is 12.3. The molecular weight excluding hydrogens is 248 g/mol. The molecule has 0 unspecified atom stereocenters. The van der Waals surface area contributed by atoms with E-state index < -0.39 is 0 Å². The van der Waals surface area contributed by atoms with Gasteiger partial charge in [0.25, 0.3) is 0 Å². The Balaban J connectivity index is 1.78. The van der Waals surface area contributed by atoms with Crippen molar-refractivity contribution in [2.45, 2.75) is 50.5 Å². The van der Waals surface area contributed by atoms with Gasteiger partial charge in [0.05, 0.1) is 6.20 Å². The molecule has 20 heavy (non-hydrogen) atoms. The van der Waals surface area contributed by atoms with E-state index in [1.54, 1.807) is 0 Å². The van der Waals surface area contributed by atoms with E-state index in [0.717, 1.165) is 31.1 Å². The summed E-state index contributed by atoms with van der Waals surface area (Å²) in [4.78, 5) is 2.39. The predicted octanol–water partition coefficient (Wildman–Crippen LogP) is 2.63. The average Bonchev–Trinajstić information content (AvgIpc) is 3.25. The van der Waals surface area contributed by atoms with Crippen molar-refractivity contribution in [1.29, 1.82) is 0 Å². The minimum Gasteiger partial charge on any atom is -0.364 e. The summed E-state index contributed by atoms with van der Waals surface area (Å²) in [6.45, 7) is 6.32. The highest BCUT2D eigenvalue weighted by atomic mass is 15.2. The number of rotatable bonds is 5. The Labute approximate surface area is 122 Å². The Bertz CT molecular complexity index is 456. The number of hydrogen-bond donors (Lipinski definition) is 1. The van der Waals surface area contributed by atoms with Crippen molar-refractivity contribution in [2.24, 2.45) is 0 Å². The molecule has 1 saturated carbocycles. The standard InChI is InChI=1S/C16H25N4/c1-3-5-14-15(12-7-8-12)10-17-19-16(14)18-13-6-4-9-20(2)11-13/h10,12-13H,1,3-9,11H2,2H3,(H,18,19)/t13-/m1/s1. The molecule has 0 aromatic carbocycles. The molecule has 4 nitrogen and oxygen atoms in total. The van der Waals surface area contributed by atoms with E-state index in [-0.39, 0.29) is 0 Å². The van der Waals surface area contributed by atoms with E-state index in [1.165, 1.54) is 43.4 Å². The zero-order valence-corrected chi connectivity index (χ0v) is 12.4. The van der Waals surface area contributed by atoms with Crippen LogP contribution in [0.3, 0.4) is 0 Å². The summed E-state index contributed by atoms with van der Waals surface area (Å²) in [5.74, 6) is 1.74. The van der Waals surface area contributed by atoms with Gasteiger partial charge in [0, 0.05) is 18.2 Å². The molecule has 4 heteroatoms. The fourth-order valence-electron chi connectivity index (χ4n) is 3.20. The second-order valence-electron chi connectivity index (χ2n) is 6.25. The van der Waals surface area contributed by atoms with Crippen LogP contribution in [0.5, 0.6) is 0 Å². The Kier molecular flexibility index (Phi) is 4.20. The SMILES string of the molecule is [CH2]CCc1c(C2CC2)cnnc1N[C@@H]1CCCN(C)C1. The first-order valence-electron chi connectivity index (χ1n) is 7.86. The number of nitrogens with one attached hydrogen (secondary N) is 1. The van der Waals surface area contributed by atoms with Gasteiger partial charge in [0.15, 0.2) is 5.82 Å². The lowest BCUT2D eigenvalue weighted by molar-refractivity contribution is 0.260. The Morgan fingerprint density at radius 1 is 1.40 bits per heavy atom. The van der Waals surface area contributed by atoms with Gasteiger partial charge in [-0.1, -0.05) is 6.92 Å². The Morgan fingerprint density at radius 2 is 2.25 bits per heavy atom. The molecule has 109 valence electrons. The third-order valence-electron chi connectivity index (χ3n) is 4.40. The molecule has 1 N–H and O–H groups in total. The predicted molar refractivity (Wildman–Crippen MR) is 81.8 cm³/mol. The van der Waals surface area contributed by atoms with Crippen LogP contribution in [0.2, 0.25) is 0 Å². The smallest absolute Gasteiger partial charge is 0.152 e. The van der Waals surface area contributed by atoms with Crippen LogP contribution in [0.1, 0.15) is 49.1 Å². The normalized spacial score (nSPS) is 23.8. The first-order valence-corrected chi connectivity index (χ1v) is 7.86. The zero-order valence-electron chi connectivity index (χ0n) is 12.4. The van der Waals surface area contributed by atoms with E-state index >= 15 is 0 Å². The molecular formula is C16H25N4. The van der Waals surface area contributed by atoms with Crippen LogP contribution < -0.4 is 5.32 Å². The minimum atomic E-state index is 0.501. The number of hydrogen-bond acceptors (Lipinski definition) is 4. The summed E-state index contributed by atoms with van der Waals surface area (Å²) in [6.07, 6.45) is 9.00. The molecule has 1 aromatic rings. The lowest BCUT2D eigenvalue weighted by Crippen LogP contribution is -2.40. The molecule has 1 aliphatic carbocycles. The molecule has 2 fully saturated rings. The molecule has 1 aromatic heterocycles. The van der Waals surface area contributed by atoms with Crippen molar-refractivity contribution in [1.82, 2.24) is 15.1 Å². The van der Waals surface area contributed by atoms with Crippen LogP contribution in [-0.4, -0.2) is 41.3 Å². The van der Waals surface area contributed by atoms with Gasteiger partial charge in [-0.25, -0.2) is 0 Å². The Hall–Kier alpha value is -1.16. The fraction of sp³-hybridized carbons (Fsp3) is 0.688. The van der Waals surface area contributed by atoms with Gasteiger partial charge in [-0.2, -0.15) is 5.10 Å². The van der Waals surface area contributed by atoms with Gasteiger partial charge in [-0.15, -0.1) is 5.10 Å². The van der Waals surface area contributed by atoms with E-state index in [9.17, 15) is 0 Å². The number of piperidine rings is 1. The highest BCUT2D eigenvalue weighted by Crippen LogP contribution is 2.42. The van der Waals surface area contributed by atoms with Crippen LogP contribution >= 0.6 is 0 Å². The fourth-order valence-corrected chi connectivity index (χ4v) is 3.20. The van der Waals surface area contributed by atoms with Gasteiger partial charge in [-0.3, -0.25) is 0 Å². The van der Waals surface area contributed by atoms with Gasteiger partial charge < -0.3 is 10.2 Å². The van der Waals surface area contributed by atoms with E-state index in [0.29, 0.717) is 6.04 Å². The second kappa shape index (κ2) is 6.08. The molecule has 0 amide bonds. The number of anilines is 1. The van der Waals surface area contributed by atoms with Gasteiger partial charge in [0.2, 0.25) is 0 Å². The van der Waals surface area contributed by atoms with Crippen molar-refractivity contribution in [3.63, 3.8) is 0 Å². The van der Waals surface area contributed by atoms with Crippen molar-refractivity contribution < 1.29 is 0 Å². The number of nitrogens with zero attached hydrogens (tertiary/aromatic N) is 3. The summed E-state index contributed by atoms with van der Waals surface area (Å²) in [6, 6.07) is 0.501. The molecule has 2 heterocycles. The monoisotopic (exact) mass is 273 g/mol. The maximum absolute atomic E-state index is 4.38. The second-order valence-corrected chi connectivity index (χ2v) is 6.25. The number of likely N-dealkylation sites (N-methyl/N-ethyl adjacent to an activating group) is 1. The number of aromatic nitrogens is 2. The zero-order chi connectivity index (χ0) is 13.9. The van der Waals surface area contributed by atoms with E-state index in [4.69, 9.17) is 0 Å². The average molecular weight is 273 g/mol. The molecule has 1 radical (unpaired) electrons. The third-order valence-corrected chi connectivity index (χ3v) is 4.40. The highest BCUT2D eigenvalue weighted by molar-refractivity contribution is 5.50. The maximum Gasteiger partial charge on any atom is 0.152 e. The lowest BCUT2D eigenvalue weighted by Gasteiger charge is -2.31. The quantitative estimate of drug-likeness (QED) is 0.895. The Morgan fingerprint density at radius 3 is 2.95 bits per heavy atom. The summed E-state index contributed by atoms with van der Waals surface area (Å²) in [5.41, 5.74) is 2.78. The van der Waals surface area contributed by atoms with Crippen LogP contribution in [0, 0.1) is 6.92 Å². The van der Waals surface area contributed by atoms with Gasteiger partial charge >= 0.3 is 0 Å². The van der Waals surface area contributed by atoms with E-state index in [2.05, 4.69) is 34.4 Å². The first-order chi connectivity index (χ1) is 9.78. The largest absolute Gasteiger partial charge is 0.364 e. The topological polar surface area (TPSA) is 41.1 Å². The van der Waals surface area contributed by atoms with Crippen molar-refractivity contribution in [2.75, 3.05) is 25.5 Å². The molecule has 1 saturated heterocycles. The summed E-state index contributed by atoms with van der Waals surface area (Å²) >= 11 is 0. The molecule has 0 spiro atoms. The highest BCUT2D eigenvalue weighted by Gasteiger charge is 2.28. The molecule has 2 aliphatic rings. The van der Waals surface area contributed by atoms with Gasteiger partial charge in [0.1, 0.15) is 0 Å². The minimum absolute atomic E-state index is 0.501. The number of likely N-dealkylation sites (tertiary alicyclic amines) is 1. The van der Waals surface area contributed by atoms with Crippen LogP contribution in [0.15, 0.2) is 6.20 Å². The van der Waals surface area contributed by atoms with Crippen LogP contribution in [0.25, 0.3) is 0 Å². The third kappa shape index (κ3) is 3.11. The van der Waals surface area contributed by atoms with Crippen LogP contribution in [-0.2, 0) is 6.42 Å². The first kappa shape index (κ1) is 13.8. The van der Waals surface area contributed by atoms with Gasteiger partial charge in [-0.05, 0) is 63.6 Å². The molecule has 0 bridgehead atoms. The van der Waals surface area contributed by atoms with Crippen LogP contribution in [0.4, 0.5) is 5.82 Å². The van der Waals surface area contributed by atoms with Crippen molar-refractivity contribution in [3.8, 4) is 0 Å². The summed E-state index contributed by atoms with van der Waals surface area (Å²) in [7, 11) is 2.19. The molecule has 1 aliphatic heterocycles. The van der Waals surface area contributed by atoms with E-state index in [1.807, 2.05) is 6.20 Å². The molecule has 3 rings (SSSR count). The van der Waals surface area contributed by atoms with Crippen molar-refractivity contribution in [3.05, 3.63) is 24.2 Å². The lowest BCUT2D eigenvalue weighted by atomic mass is 10.0. The maximum atomic E-state index is 4.38. The summed E-state index contributed by atoms with van der Waals surface area (Å²) < 4.78 is 0. The molecule has 1 atom stereocenters.